The molecule has 1 saturated heterocycles. The molecule has 3 amide bonds. The van der Waals surface area contributed by atoms with Gasteiger partial charge in [0.15, 0.2) is 0 Å². The maximum Gasteiger partial charge on any atom is 0.416 e. The normalized spacial score (nSPS) is 20.9. The fourth-order valence-electron chi connectivity index (χ4n) is 3.78. The van der Waals surface area contributed by atoms with Gasteiger partial charge in [0.2, 0.25) is 0 Å². The summed E-state index contributed by atoms with van der Waals surface area (Å²) < 4.78 is 45.0. The van der Waals surface area contributed by atoms with E-state index in [1.165, 1.54) is 18.0 Å². The molecule has 0 aromatic heterocycles. The van der Waals surface area contributed by atoms with Gasteiger partial charge in [-0.25, -0.2) is 4.79 Å². The van der Waals surface area contributed by atoms with Gasteiger partial charge in [-0.05, 0) is 23.8 Å². The Morgan fingerprint density at radius 1 is 1.17 bits per heavy atom. The zero-order valence-electron chi connectivity index (χ0n) is 16.1. The lowest BCUT2D eigenvalue weighted by molar-refractivity contribution is -0.137. The number of amides is 3. The number of alkyl halides is 3. The summed E-state index contributed by atoms with van der Waals surface area (Å²) in [6, 6.07) is 11.6. The second kappa shape index (κ2) is 7.55. The number of halogens is 3. The first-order chi connectivity index (χ1) is 14.2. The number of nitrogens with zero attached hydrogens (tertiary/aromatic N) is 2. The van der Waals surface area contributed by atoms with Gasteiger partial charge in [0.25, 0.3) is 5.91 Å². The molecule has 2 aromatic rings. The molecule has 2 heterocycles. The van der Waals surface area contributed by atoms with Crippen LogP contribution in [-0.2, 0) is 12.7 Å². The van der Waals surface area contributed by atoms with Gasteiger partial charge in [0, 0.05) is 20.1 Å². The van der Waals surface area contributed by atoms with E-state index in [0.717, 1.165) is 17.7 Å². The molecule has 0 saturated carbocycles. The summed E-state index contributed by atoms with van der Waals surface area (Å²) in [5.74, 6) is -0.464. The minimum atomic E-state index is -4.55. The Balaban J connectivity index is 1.49. The van der Waals surface area contributed by atoms with Crippen LogP contribution in [0.1, 0.15) is 21.5 Å². The highest BCUT2D eigenvalue weighted by atomic mass is 19.4. The van der Waals surface area contributed by atoms with Crippen LogP contribution in [0.2, 0.25) is 0 Å². The van der Waals surface area contributed by atoms with Crippen molar-refractivity contribution >= 4 is 11.9 Å². The van der Waals surface area contributed by atoms with E-state index < -0.39 is 29.8 Å². The van der Waals surface area contributed by atoms with E-state index in [0.29, 0.717) is 6.54 Å². The van der Waals surface area contributed by atoms with Crippen molar-refractivity contribution in [2.45, 2.75) is 24.9 Å². The Hall–Kier alpha value is -3.23. The molecule has 0 radical (unpaired) electrons. The van der Waals surface area contributed by atoms with Crippen LogP contribution in [-0.4, -0.2) is 54.0 Å². The highest BCUT2D eigenvalue weighted by Crippen LogP contribution is 2.36. The van der Waals surface area contributed by atoms with Crippen LogP contribution in [0, 0.1) is 0 Å². The second-order valence-electron chi connectivity index (χ2n) is 7.40. The third-order valence-electron chi connectivity index (χ3n) is 5.44. The van der Waals surface area contributed by atoms with E-state index in [1.54, 1.807) is 4.90 Å². The number of hydrogen-bond donors (Lipinski definition) is 1. The minimum absolute atomic E-state index is 0.0962. The van der Waals surface area contributed by atoms with E-state index in [-0.39, 0.29) is 30.4 Å². The van der Waals surface area contributed by atoms with Crippen LogP contribution in [0.4, 0.5) is 18.0 Å². The molecular formula is C21H20F3N3O3. The molecule has 2 aromatic carbocycles. The maximum absolute atomic E-state index is 13.0. The van der Waals surface area contributed by atoms with Crippen molar-refractivity contribution in [2.24, 2.45) is 0 Å². The smallest absolute Gasteiger partial charge is 0.416 e. The summed E-state index contributed by atoms with van der Waals surface area (Å²) in [4.78, 5) is 28.3. The van der Waals surface area contributed by atoms with Gasteiger partial charge in [0.05, 0.1) is 23.7 Å². The third kappa shape index (κ3) is 3.79. The number of ether oxygens (including phenoxy) is 1. The van der Waals surface area contributed by atoms with Crippen LogP contribution in [0.3, 0.4) is 0 Å². The van der Waals surface area contributed by atoms with Crippen LogP contribution in [0.25, 0.3) is 0 Å². The summed E-state index contributed by atoms with van der Waals surface area (Å²) >= 11 is 0. The first-order valence-corrected chi connectivity index (χ1v) is 9.46. The van der Waals surface area contributed by atoms with E-state index in [9.17, 15) is 22.8 Å². The first kappa shape index (κ1) is 20.1. The zero-order chi connectivity index (χ0) is 21.5. The van der Waals surface area contributed by atoms with Crippen molar-refractivity contribution in [3.63, 3.8) is 0 Å². The van der Waals surface area contributed by atoms with Crippen LogP contribution in [0.15, 0.2) is 48.5 Å². The van der Waals surface area contributed by atoms with E-state index in [2.05, 4.69) is 5.32 Å². The highest BCUT2D eigenvalue weighted by Gasteiger charge is 2.44. The number of likely N-dealkylation sites (tertiary alicyclic amines) is 1. The average Bonchev–Trinajstić information content (AvgIpc) is 3.11. The Bertz CT molecular complexity index is 965. The predicted molar refractivity (Wildman–Crippen MR) is 102 cm³/mol. The van der Waals surface area contributed by atoms with Gasteiger partial charge >= 0.3 is 12.2 Å². The van der Waals surface area contributed by atoms with Crippen molar-refractivity contribution in [3.8, 4) is 5.75 Å². The lowest BCUT2D eigenvalue weighted by Crippen LogP contribution is -2.44. The van der Waals surface area contributed by atoms with Gasteiger partial charge in [-0.1, -0.05) is 30.3 Å². The molecule has 0 unspecified atom stereocenters. The quantitative estimate of drug-likeness (QED) is 0.814. The van der Waals surface area contributed by atoms with Crippen LogP contribution >= 0.6 is 0 Å². The molecule has 2 aliphatic heterocycles. The topological polar surface area (TPSA) is 61.9 Å². The molecule has 1 fully saturated rings. The first-order valence-electron chi connectivity index (χ1n) is 9.46. The Labute approximate surface area is 171 Å². The lowest BCUT2D eigenvalue weighted by atomic mass is 10.1. The molecule has 1 N–H and O–H groups in total. The molecule has 0 aliphatic carbocycles. The number of hydrogen-bond acceptors (Lipinski definition) is 3. The minimum Gasteiger partial charge on any atom is -0.486 e. The Morgan fingerprint density at radius 3 is 2.60 bits per heavy atom. The van der Waals surface area contributed by atoms with Crippen molar-refractivity contribution in [2.75, 3.05) is 20.1 Å². The van der Waals surface area contributed by atoms with Crippen molar-refractivity contribution in [1.29, 1.82) is 0 Å². The molecule has 2 aliphatic rings. The number of carbonyl (C=O) groups excluding carboxylic acids is 2. The molecule has 0 spiro atoms. The molecular weight excluding hydrogens is 399 g/mol. The fraction of sp³-hybridized carbons (Fsp3) is 0.333. The molecule has 9 heteroatoms. The van der Waals surface area contributed by atoms with Gasteiger partial charge in [-0.15, -0.1) is 0 Å². The Kier molecular flexibility index (Phi) is 5.05. The fourth-order valence-corrected chi connectivity index (χ4v) is 3.78. The van der Waals surface area contributed by atoms with Crippen molar-refractivity contribution in [3.05, 3.63) is 65.2 Å². The molecule has 30 heavy (non-hydrogen) atoms. The molecule has 6 nitrogen and oxygen atoms in total. The number of benzene rings is 2. The highest BCUT2D eigenvalue weighted by molar-refractivity contribution is 5.97. The number of rotatable bonds is 2. The monoisotopic (exact) mass is 419 g/mol. The number of carbonyl (C=O) groups is 2. The van der Waals surface area contributed by atoms with Crippen LogP contribution in [0.5, 0.6) is 5.75 Å². The summed E-state index contributed by atoms with van der Waals surface area (Å²) in [6.07, 6.45) is -5.08. The average molecular weight is 419 g/mol. The Morgan fingerprint density at radius 2 is 1.90 bits per heavy atom. The molecule has 158 valence electrons. The second-order valence-corrected chi connectivity index (χ2v) is 7.40. The summed E-state index contributed by atoms with van der Waals surface area (Å²) in [5.41, 5.74) is -0.0698. The number of nitrogens with one attached hydrogen (secondary N) is 1. The van der Waals surface area contributed by atoms with E-state index in [4.69, 9.17) is 4.74 Å². The summed E-state index contributed by atoms with van der Waals surface area (Å²) in [6.45, 7) is 0.821. The molecule has 0 bridgehead atoms. The molecule has 2 atom stereocenters. The van der Waals surface area contributed by atoms with Gasteiger partial charge in [-0.3, -0.25) is 4.79 Å². The third-order valence-corrected chi connectivity index (χ3v) is 5.44. The molecule has 4 rings (SSSR count). The van der Waals surface area contributed by atoms with E-state index in [1.807, 2.05) is 30.3 Å². The van der Waals surface area contributed by atoms with Crippen LogP contribution < -0.4 is 10.1 Å². The van der Waals surface area contributed by atoms with E-state index >= 15 is 0 Å². The number of urea groups is 1. The summed E-state index contributed by atoms with van der Waals surface area (Å²) in [7, 11) is 1.52. The van der Waals surface area contributed by atoms with Gasteiger partial charge in [0.1, 0.15) is 11.9 Å². The van der Waals surface area contributed by atoms with Gasteiger partial charge in [-0.2, -0.15) is 13.2 Å². The van der Waals surface area contributed by atoms with Crippen molar-refractivity contribution < 1.29 is 27.5 Å². The maximum atomic E-state index is 13.0. The number of likely N-dealkylation sites (N-methyl/N-ethyl adjacent to an activating group) is 1. The number of fused-ring (bicyclic) bond motifs is 2. The SMILES string of the molecule is CN1C(=O)c2cc(C(F)(F)F)ccc2O[C@H]2CN(C(=O)NCc3ccccc3)C[C@H]21. The standard InChI is InChI=1S/C21H20F3N3O3/c1-26-16-11-27(20(29)25-10-13-5-3-2-4-6-13)12-18(16)30-17-8-7-14(21(22,23)24)9-15(17)19(26)28/h2-9,16,18H,10-12H2,1H3,(H,25,29)/t16-,18+/m1/s1. The zero-order valence-corrected chi connectivity index (χ0v) is 16.1. The van der Waals surface area contributed by atoms with Gasteiger partial charge < -0.3 is 19.9 Å². The largest absolute Gasteiger partial charge is 0.486 e. The lowest BCUT2D eigenvalue weighted by Gasteiger charge is -2.25. The predicted octanol–water partition coefficient (Wildman–Crippen LogP) is 3.13. The van der Waals surface area contributed by atoms with Crippen molar-refractivity contribution in [1.82, 2.24) is 15.1 Å². The summed E-state index contributed by atoms with van der Waals surface area (Å²) in [5, 5.41) is 2.84.